The maximum Gasteiger partial charge on any atom is 0.274 e. The largest absolute Gasteiger partial charge is 0.476 e. The van der Waals surface area contributed by atoms with Gasteiger partial charge in [-0.05, 0) is 55.5 Å². The molecule has 2 aromatic carbocycles. The smallest absolute Gasteiger partial charge is 0.274 e. The van der Waals surface area contributed by atoms with E-state index in [0.29, 0.717) is 54.4 Å². The highest BCUT2D eigenvalue weighted by molar-refractivity contribution is 7.98. The molecule has 4 rings (SSSR count). The molecule has 0 saturated heterocycles. The van der Waals surface area contributed by atoms with Crippen molar-refractivity contribution in [3.05, 3.63) is 96.0 Å². The molecule has 1 aromatic heterocycles. The van der Waals surface area contributed by atoms with Gasteiger partial charge in [-0.15, -0.1) is 11.8 Å². The third-order valence-corrected chi connectivity index (χ3v) is 8.34. The molecule has 0 aliphatic carbocycles. The molecule has 3 aromatic rings. The van der Waals surface area contributed by atoms with Crippen molar-refractivity contribution in [3.63, 3.8) is 0 Å². The predicted molar refractivity (Wildman–Crippen MR) is 166 cm³/mol. The minimum Gasteiger partial charge on any atom is -0.476 e. The summed E-state index contributed by atoms with van der Waals surface area (Å²) in [6.45, 7) is 15.6. The summed E-state index contributed by atoms with van der Waals surface area (Å²) in [5.41, 5.74) is 2.28. The third kappa shape index (κ3) is 6.67. The lowest BCUT2D eigenvalue weighted by atomic mass is 9.91. The molecular weight excluding hydrogens is 553 g/mol. The van der Waals surface area contributed by atoms with Crippen molar-refractivity contribution < 1.29 is 23.6 Å². The van der Waals surface area contributed by atoms with Crippen molar-refractivity contribution in [1.82, 2.24) is 14.7 Å². The molecular formula is C32H39FN5O3S+. The highest BCUT2D eigenvalue weighted by Crippen LogP contribution is 2.38. The van der Waals surface area contributed by atoms with E-state index in [1.54, 1.807) is 43.1 Å². The van der Waals surface area contributed by atoms with E-state index in [0.717, 1.165) is 16.2 Å². The number of nitrogens with zero attached hydrogens (tertiary/aromatic N) is 4. The van der Waals surface area contributed by atoms with Gasteiger partial charge in [0.1, 0.15) is 11.6 Å². The average Bonchev–Trinajstić information content (AvgIpc) is 3.37. The van der Waals surface area contributed by atoms with Crippen LogP contribution in [-0.2, 0) is 12.6 Å². The minimum absolute atomic E-state index is 0.269. The summed E-state index contributed by atoms with van der Waals surface area (Å²) in [4.78, 5) is 16.1. The van der Waals surface area contributed by atoms with Crippen LogP contribution in [0.25, 0.3) is 0 Å². The van der Waals surface area contributed by atoms with E-state index in [9.17, 15) is 14.3 Å². The summed E-state index contributed by atoms with van der Waals surface area (Å²) in [6, 6.07) is 10.5. The van der Waals surface area contributed by atoms with E-state index in [-0.39, 0.29) is 11.7 Å². The van der Waals surface area contributed by atoms with Crippen molar-refractivity contribution in [2.24, 2.45) is 7.05 Å². The molecule has 0 bridgehead atoms. The molecule has 8 nitrogen and oxygen atoms in total. The molecule has 42 heavy (non-hydrogen) atoms. The first-order valence-electron chi connectivity index (χ1n) is 13.7. The fraction of sp³-hybridized carbons (Fsp3) is 0.344. The van der Waals surface area contributed by atoms with Crippen LogP contribution >= 0.6 is 11.8 Å². The van der Waals surface area contributed by atoms with E-state index in [4.69, 9.17) is 4.74 Å². The van der Waals surface area contributed by atoms with Crippen molar-refractivity contribution >= 4 is 29.2 Å². The zero-order chi connectivity index (χ0) is 30.6. The Balaban J connectivity index is 1.71. The lowest BCUT2D eigenvalue weighted by molar-refractivity contribution is -0.600. The standard InChI is InChI=1S/C32H38FN5O3S/c1-8-30(39)38-15-14-37(19-23(38)5)20-32(9-2,24-11-10-21(3)26(33)17-24)41-27-16-22(4)25(18-28(27)42-7)31(40)34-29-12-13-36(6)35-29/h8-13,16-18,30,39H,1-2,14-15,19-20H2,3-7H3/p+1/t30?,32-/m0/s1. The van der Waals surface area contributed by atoms with E-state index >= 15 is 0 Å². The van der Waals surface area contributed by atoms with E-state index in [2.05, 4.69) is 28.5 Å². The van der Waals surface area contributed by atoms with Crippen LogP contribution in [0.4, 0.5) is 10.2 Å². The van der Waals surface area contributed by atoms with Crippen LogP contribution in [0, 0.1) is 19.7 Å². The third-order valence-electron chi connectivity index (χ3n) is 7.58. The second-order valence-electron chi connectivity index (χ2n) is 10.6. The molecule has 222 valence electrons. The van der Waals surface area contributed by atoms with Crippen LogP contribution in [0.15, 0.2) is 72.8 Å². The topological polar surface area (TPSA) is 82.6 Å². The molecule has 1 unspecified atom stereocenters. The average molecular weight is 593 g/mol. The summed E-state index contributed by atoms with van der Waals surface area (Å²) in [5, 5.41) is 17.4. The number of benzene rings is 2. The summed E-state index contributed by atoms with van der Waals surface area (Å²) in [7, 11) is 1.79. The molecule has 1 aliphatic rings. The SMILES string of the molecule is C=CC(O)[N+]1=C(C)CN(C[C@](C=C)(Oc2cc(C)c(C(=O)Nc3ccn(C)n3)cc2SC)c2ccc(C)c(F)c2)CC1. The Morgan fingerprint density at radius 2 is 2.02 bits per heavy atom. The zero-order valence-electron chi connectivity index (χ0n) is 24.9. The number of hydrogen-bond acceptors (Lipinski definition) is 6. The number of carbonyl (C=O) groups is 1. The highest BCUT2D eigenvalue weighted by Gasteiger charge is 2.38. The first-order chi connectivity index (χ1) is 20.0. The van der Waals surface area contributed by atoms with Gasteiger partial charge >= 0.3 is 0 Å². The molecule has 10 heteroatoms. The maximum atomic E-state index is 14.9. The molecule has 0 spiro atoms. The quantitative estimate of drug-likeness (QED) is 0.187. The lowest BCUT2D eigenvalue weighted by Gasteiger charge is -2.38. The van der Waals surface area contributed by atoms with E-state index in [1.165, 1.54) is 23.9 Å². The van der Waals surface area contributed by atoms with Gasteiger partial charge in [-0.1, -0.05) is 25.3 Å². The van der Waals surface area contributed by atoms with Gasteiger partial charge in [0.05, 0.1) is 13.1 Å². The highest BCUT2D eigenvalue weighted by atomic mass is 32.2. The Kier molecular flexibility index (Phi) is 9.71. The molecule has 0 radical (unpaired) electrons. The minimum atomic E-state index is -1.11. The van der Waals surface area contributed by atoms with Crippen LogP contribution in [-0.4, -0.2) is 74.6 Å². The lowest BCUT2D eigenvalue weighted by Crippen LogP contribution is -2.52. The van der Waals surface area contributed by atoms with Crippen molar-refractivity contribution in [2.75, 3.05) is 37.8 Å². The maximum absolute atomic E-state index is 14.9. The predicted octanol–water partition coefficient (Wildman–Crippen LogP) is 4.90. The van der Waals surface area contributed by atoms with Gasteiger partial charge in [0.15, 0.2) is 23.7 Å². The number of aryl methyl sites for hydroxylation is 3. The summed E-state index contributed by atoms with van der Waals surface area (Å²) < 4.78 is 25.3. The number of rotatable bonds is 11. The zero-order valence-corrected chi connectivity index (χ0v) is 25.7. The molecule has 1 amide bonds. The normalized spacial score (nSPS) is 16.1. The second kappa shape index (κ2) is 13.1. The number of nitrogens with one attached hydrogen (secondary N) is 1. The van der Waals surface area contributed by atoms with Gasteiger partial charge in [0, 0.05) is 54.9 Å². The number of aliphatic hydroxyl groups excluding tert-OH is 1. The van der Waals surface area contributed by atoms with Crippen molar-refractivity contribution in [3.8, 4) is 5.75 Å². The number of anilines is 1. The summed E-state index contributed by atoms with van der Waals surface area (Å²) >= 11 is 1.46. The molecule has 0 saturated carbocycles. The first kappa shape index (κ1) is 31.2. The van der Waals surface area contributed by atoms with E-state index < -0.39 is 11.8 Å². The second-order valence-corrected chi connectivity index (χ2v) is 11.4. The molecule has 2 N–H and O–H groups in total. The number of thioether (sulfide) groups is 1. The van der Waals surface area contributed by atoms with Gasteiger partial charge in [-0.25, -0.2) is 8.97 Å². The number of ether oxygens (including phenoxy) is 1. The van der Waals surface area contributed by atoms with Crippen LogP contribution < -0.4 is 10.1 Å². The number of aliphatic hydroxyl groups is 1. The number of hydrogen-bond donors (Lipinski definition) is 2. The van der Waals surface area contributed by atoms with Crippen molar-refractivity contribution in [2.45, 2.75) is 37.5 Å². The van der Waals surface area contributed by atoms with Crippen LogP contribution in [0.3, 0.4) is 0 Å². The molecule has 2 atom stereocenters. The Labute approximate surface area is 251 Å². The molecule has 1 aliphatic heterocycles. The van der Waals surface area contributed by atoms with Crippen molar-refractivity contribution in [1.29, 1.82) is 0 Å². The first-order valence-corrected chi connectivity index (χ1v) is 14.9. The number of amides is 1. The fourth-order valence-electron chi connectivity index (χ4n) is 5.16. The Morgan fingerprint density at radius 1 is 1.26 bits per heavy atom. The summed E-state index contributed by atoms with van der Waals surface area (Å²) in [6.07, 6.45) is 6.16. The number of halogens is 1. The van der Waals surface area contributed by atoms with Crippen LogP contribution in [0.1, 0.15) is 34.0 Å². The number of carbonyl (C=O) groups excluding carboxylic acids is 1. The Bertz CT molecular complexity index is 1530. The van der Waals surface area contributed by atoms with Gasteiger partial charge in [0.2, 0.25) is 0 Å². The van der Waals surface area contributed by atoms with Gasteiger partial charge in [-0.3, -0.25) is 14.4 Å². The molecule has 2 heterocycles. The van der Waals surface area contributed by atoms with Gasteiger partial charge in [-0.2, -0.15) is 5.10 Å². The monoisotopic (exact) mass is 592 g/mol. The molecule has 0 fully saturated rings. The van der Waals surface area contributed by atoms with Gasteiger partial charge < -0.3 is 15.2 Å². The Hall–Kier alpha value is -3.73. The Morgan fingerprint density at radius 3 is 2.62 bits per heavy atom. The fourth-order valence-corrected chi connectivity index (χ4v) is 5.69. The summed E-state index contributed by atoms with van der Waals surface area (Å²) in [5.74, 6) is 0.436. The van der Waals surface area contributed by atoms with Gasteiger partial charge in [0.25, 0.3) is 12.1 Å². The van der Waals surface area contributed by atoms with Crippen LogP contribution in [0.2, 0.25) is 0 Å². The van der Waals surface area contributed by atoms with Crippen LogP contribution in [0.5, 0.6) is 5.75 Å². The van der Waals surface area contributed by atoms with E-state index in [1.807, 2.05) is 42.9 Å². The number of aromatic nitrogens is 2.